The molecule has 0 aliphatic rings. The van der Waals surface area contributed by atoms with Crippen LogP contribution in [0, 0.1) is 0 Å². The van der Waals surface area contributed by atoms with Crippen LogP contribution in [0.4, 0.5) is 0 Å². The third-order valence-corrected chi connectivity index (χ3v) is 17.9. The van der Waals surface area contributed by atoms with Crippen molar-refractivity contribution < 1.29 is 47.8 Å². The highest BCUT2D eigenvalue weighted by Gasteiger charge is 2.36. The zero-order valence-electron chi connectivity index (χ0n) is 54.4. The van der Waals surface area contributed by atoms with Gasteiger partial charge in [-0.25, -0.2) is 0 Å². The van der Waals surface area contributed by atoms with Crippen LogP contribution in [0.5, 0.6) is 0 Å². The Balaban J connectivity index is 0.847. The molecule has 99 heavy (non-hydrogen) atoms. The van der Waals surface area contributed by atoms with Gasteiger partial charge in [-0.3, -0.25) is 33.6 Å². The van der Waals surface area contributed by atoms with Gasteiger partial charge in [0, 0.05) is 154 Å². The summed E-state index contributed by atoms with van der Waals surface area (Å²) in [5.41, 5.74) is 20.4. The van der Waals surface area contributed by atoms with Gasteiger partial charge < -0.3 is 87.5 Å². The highest BCUT2D eigenvalue weighted by atomic mass is 16.5. The van der Waals surface area contributed by atoms with E-state index in [0.29, 0.717) is 48.6 Å². The lowest BCUT2D eigenvalue weighted by atomic mass is 9.99. The van der Waals surface area contributed by atoms with Gasteiger partial charge in [0.25, 0.3) is 0 Å². The summed E-state index contributed by atoms with van der Waals surface area (Å²) in [5, 5.41) is 22.6. The summed E-state index contributed by atoms with van der Waals surface area (Å²) in [6.45, 7) is 2.09. The predicted octanol–water partition coefficient (Wildman–Crippen LogP) is 6.12. The topological polar surface area (TPSA) is 366 Å². The minimum absolute atomic E-state index is 0.0243. The maximum atomic E-state index is 15.8. The molecule has 7 amide bonds. The van der Waals surface area contributed by atoms with Crippen molar-refractivity contribution in [3.8, 4) is 0 Å². The maximum Gasteiger partial charge on any atom is 0.243 e. The number of fused-ring (bicyclic) bond motifs is 6. The van der Waals surface area contributed by atoms with E-state index in [4.69, 9.17) is 25.7 Å². The van der Waals surface area contributed by atoms with Gasteiger partial charge in [0.2, 0.25) is 41.4 Å². The molecule has 0 saturated heterocycles. The molecule has 0 fully saturated rings. The summed E-state index contributed by atoms with van der Waals surface area (Å²) >= 11 is 0. The first-order valence-electron chi connectivity index (χ1n) is 33.2. The van der Waals surface area contributed by atoms with Gasteiger partial charge >= 0.3 is 0 Å². The van der Waals surface area contributed by atoms with Gasteiger partial charge in [-0.15, -0.1) is 0 Å². The number of carbonyl (C=O) groups is 7. The molecule has 24 heteroatoms. The van der Waals surface area contributed by atoms with Gasteiger partial charge in [-0.05, 0) is 69.8 Å². The fraction of sp³-hybridized carbons (Fsp3) is 0.267. The third kappa shape index (κ3) is 16.7. The molecule has 510 valence electrons. The number of primary amides is 1. The smallest absolute Gasteiger partial charge is 0.243 e. The second kappa shape index (κ2) is 32.2. The minimum atomic E-state index is -1.43. The van der Waals surface area contributed by atoms with Crippen molar-refractivity contribution in [1.82, 2.24) is 61.8 Å². The molecule has 16 N–H and O–H groups in total. The first-order valence-corrected chi connectivity index (χ1v) is 33.2. The quantitative estimate of drug-likeness (QED) is 0.0201. The number of aromatic amines is 6. The Morgan fingerprint density at radius 1 is 0.303 bits per heavy atom. The second-order valence-electron chi connectivity index (χ2n) is 24.6. The number of hydrogen-bond acceptors (Lipinski definition) is 11. The lowest BCUT2D eigenvalue weighted by molar-refractivity contribution is -0.135. The Morgan fingerprint density at radius 2 is 0.525 bits per heavy atom. The molecule has 6 atom stereocenters. The van der Waals surface area contributed by atoms with Crippen molar-refractivity contribution in [3.05, 3.63) is 216 Å². The summed E-state index contributed by atoms with van der Waals surface area (Å²) in [5.74, 6) is -4.95. The molecule has 0 aliphatic heterocycles. The van der Waals surface area contributed by atoms with Crippen LogP contribution in [0.3, 0.4) is 0 Å². The standard InChI is InChI=1S/C75H80N14O10/c76-26-28-98-30-32-99-31-29-97-27-25-69(90)84-64(34-46-40-79-58-20-8-2-14-52(46)58)71(92)86-66(36-48-42-81-60-22-10-4-16-54(48)60)73(94)88-68(38-50-44-83-62-24-12-6-18-56(50)62)75(96)89-67(37-49-43-82-61-23-11-5-17-55(49)61)74(95)87-65(35-47-41-80-59-21-9-3-15-53(47)59)72(93)85-63(70(77)91)33-45-39-78-57-19-7-1-13-51(45)57/h1-24,39-44,63-68,78-83H,25-38,76H2,(H2,77,91)(H,84,90)(H,85,93)(H,86,92)(H,87,95)(H,88,94)(H,89,96)/t63-,64+,65+,66-,67-,68+/m0/s1. The number of H-pyrrole nitrogens is 6. The van der Waals surface area contributed by atoms with E-state index in [2.05, 4.69) is 61.8 Å². The number of aromatic nitrogens is 6. The first kappa shape index (κ1) is 67.7. The number of benzene rings is 6. The lowest BCUT2D eigenvalue weighted by Crippen LogP contribution is -2.61. The number of para-hydroxylation sites is 6. The Bertz CT molecular complexity index is 4810. The van der Waals surface area contributed by atoms with Crippen LogP contribution in [0.25, 0.3) is 65.4 Å². The molecule has 0 saturated carbocycles. The molecule has 6 aromatic carbocycles. The van der Waals surface area contributed by atoms with Crippen molar-refractivity contribution in [2.24, 2.45) is 11.5 Å². The van der Waals surface area contributed by atoms with Gasteiger partial charge in [0.15, 0.2) is 0 Å². The molecule has 0 unspecified atom stereocenters. The van der Waals surface area contributed by atoms with Gasteiger partial charge in [0.05, 0.1) is 39.6 Å². The predicted molar refractivity (Wildman–Crippen MR) is 379 cm³/mol. The SMILES string of the molecule is NCCOCCOCCOCCC(=O)N[C@H](Cc1c[nH]c2ccccc12)C(=O)N[C@@H](Cc1c[nH]c2ccccc12)C(=O)N[C@H](Cc1c[nH]c2ccccc12)C(=O)N[C@@H](Cc1c[nH]c2ccccc12)C(=O)N[C@H](Cc1c[nH]c2ccccc12)C(=O)N[C@@H](Cc1c[nH]c2ccccc12)C(N)=O. The van der Waals surface area contributed by atoms with E-state index in [1.165, 1.54) is 0 Å². The van der Waals surface area contributed by atoms with E-state index < -0.39 is 77.6 Å². The summed E-state index contributed by atoms with van der Waals surface area (Å²) in [6.07, 6.45) is 10.2. The summed E-state index contributed by atoms with van der Waals surface area (Å²) in [6, 6.07) is 37.2. The van der Waals surface area contributed by atoms with Crippen LogP contribution in [-0.4, -0.2) is 154 Å². The minimum Gasteiger partial charge on any atom is -0.379 e. The van der Waals surface area contributed by atoms with Crippen molar-refractivity contribution >= 4 is 107 Å². The van der Waals surface area contributed by atoms with E-state index in [1.54, 1.807) is 37.2 Å². The van der Waals surface area contributed by atoms with Crippen molar-refractivity contribution in [1.29, 1.82) is 0 Å². The zero-order chi connectivity index (χ0) is 68.6. The largest absolute Gasteiger partial charge is 0.379 e. The summed E-state index contributed by atoms with van der Waals surface area (Å²) < 4.78 is 16.6. The molecule has 12 rings (SSSR count). The van der Waals surface area contributed by atoms with Crippen molar-refractivity contribution in [2.75, 3.05) is 46.2 Å². The monoisotopic (exact) mass is 1340 g/mol. The molecular weight excluding hydrogens is 1260 g/mol. The van der Waals surface area contributed by atoms with E-state index >= 15 is 24.0 Å². The van der Waals surface area contributed by atoms with Crippen LogP contribution in [0.1, 0.15) is 39.8 Å². The molecule has 24 nitrogen and oxygen atoms in total. The molecule has 12 aromatic rings. The van der Waals surface area contributed by atoms with Crippen LogP contribution in [0.15, 0.2) is 183 Å². The van der Waals surface area contributed by atoms with Crippen LogP contribution in [0.2, 0.25) is 0 Å². The molecule has 0 aliphatic carbocycles. The van der Waals surface area contributed by atoms with E-state index in [1.807, 2.05) is 146 Å². The molecule has 0 bridgehead atoms. The van der Waals surface area contributed by atoms with Gasteiger partial charge in [-0.2, -0.15) is 0 Å². The average molecular weight is 1340 g/mol. The van der Waals surface area contributed by atoms with Crippen LogP contribution < -0.4 is 43.4 Å². The van der Waals surface area contributed by atoms with Gasteiger partial charge in [0.1, 0.15) is 36.3 Å². The fourth-order valence-corrected chi connectivity index (χ4v) is 12.8. The lowest BCUT2D eigenvalue weighted by Gasteiger charge is -2.28. The molecule has 0 radical (unpaired) electrons. The zero-order valence-corrected chi connectivity index (χ0v) is 54.4. The summed E-state index contributed by atoms with van der Waals surface area (Å²) in [7, 11) is 0. The highest BCUT2D eigenvalue weighted by molar-refractivity contribution is 6.00. The van der Waals surface area contributed by atoms with Crippen molar-refractivity contribution in [3.63, 3.8) is 0 Å². The Labute approximate surface area is 568 Å². The van der Waals surface area contributed by atoms with Crippen molar-refractivity contribution in [2.45, 2.75) is 81.2 Å². The normalized spacial score (nSPS) is 13.5. The average Bonchev–Trinajstić information content (AvgIpc) is 1.78. The molecule has 0 spiro atoms. The Kier molecular flexibility index (Phi) is 22.0. The number of amides is 7. The molecular formula is C75H80N14O10. The number of nitrogens with one attached hydrogen (secondary N) is 12. The number of nitrogens with two attached hydrogens (primary N) is 2. The fourth-order valence-electron chi connectivity index (χ4n) is 12.8. The Hall–Kier alpha value is -11.3. The number of rotatable bonds is 35. The number of ether oxygens (including phenoxy) is 3. The van der Waals surface area contributed by atoms with Crippen LogP contribution >= 0.6 is 0 Å². The van der Waals surface area contributed by atoms with E-state index in [0.717, 1.165) is 76.5 Å². The van der Waals surface area contributed by atoms with Gasteiger partial charge in [-0.1, -0.05) is 109 Å². The first-order chi connectivity index (χ1) is 48.3. The number of carbonyl (C=O) groups excluding carboxylic acids is 7. The molecule has 6 aromatic heterocycles. The highest BCUT2D eigenvalue weighted by Crippen LogP contribution is 2.26. The molecule has 6 heterocycles. The van der Waals surface area contributed by atoms with Crippen LogP contribution in [-0.2, 0) is 86.3 Å². The second-order valence-corrected chi connectivity index (χ2v) is 24.6. The Morgan fingerprint density at radius 3 is 0.788 bits per heavy atom. The summed E-state index contributed by atoms with van der Waals surface area (Å²) in [4.78, 5) is 124. The maximum absolute atomic E-state index is 15.8. The third-order valence-electron chi connectivity index (χ3n) is 17.9. The number of hydrogen-bond donors (Lipinski definition) is 14. The van der Waals surface area contributed by atoms with E-state index in [9.17, 15) is 9.59 Å². The van der Waals surface area contributed by atoms with E-state index in [-0.39, 0.29) is 64.8 Å².